The number of amides is 1. The van der Waals surface area contributed by atoms with Crippen molar-refractivity contribution in [3.8, 4) is 0 Å². The molecular weight excluding hydrogens is 309 g/mol. The molecule has 112 valence electrons. The average Bonchev–Trinajstić information content (AvgIpc) is 2.87. The highest BCUT2D eigenvalue weighted by molar-refractivity contribution is 7.99. The van der Waals surface area contributed by atoms with Gasteiger partial charge in [0.2, 0.25) is 5.91 Å². The Labute approximate surface area is 131 Å². The fraction of sp³-hybridized carbons (Fsp3) is 0.357. The maximum absolute atomic E-state index is 12.7. The Kier molecular flexibility index (Phi) is 6.13. The molecule has 0 aliphatic carbocycles. The van der Waals surface area contributed by atoms with Crippen LogP contribution >= 0.6 is 23.5 Å². The molecule has 4 nitrogen and oxygen atoms in total. The van der Waals surface area contributed by atoms with Gasteiger partial charge in [-0.2, -0.15) is 8.75 Å². The highest BCUT2D eigenvalue weighted by Gasteiger charge is 2.06. The molecule has 2 rings (SSSR count). The summed E-state index contributed by atoms with van der Waals surface area (Å²) >= 11 is 2.72. The van der Waals surface area contributed by atoms with E-state index >= 15 is 0 Å². The standard InChI is InChI=1S/C14H16FN3OS2/c1-10-13(18-21-17-10)8-20-9-14(19)16-7-6-11-2-4-12(15)5-3-11/h2-5H,6-9H2,1H3,(H,16,19). The van der Waals surface area contributed by atoms with E-state index in [9.17, 15) is 9.18 Å². The fourth-order valence-corrected chi connectivity index (χ4v) is 3.17. The van der Waals surface area contributed by atoms with Crippen LogP contribution in [0.3, 0.4) is 0 Å². The minimum Gasteiger partial charge on any atom is -0.355 e. The molecule has 0 saturated heterocycles. The molecule has 7 heteroatoms. The van der Waals surface area contributed by atoms with E-state index in [1.807, 2.05) is 6.92 Å². The molecule has 1 N–H and O–H groups in total. The number of aryl methyl sites for hydroxylation is 1. The Morgan fingerprint density at radius 3 is 2.76 bits per heavy atom. The van der Waals surface area contributed by atoms with Crippen molar-refractivity contribution in [3.63, 3.8) is 0 Å². The minimum atomic E-state index is -0.244. The summed E-state index contributed by atoms with van der Waals surface area (Å²) in [6, 6.07) is 6.32. The van der Waals surface area contributed by atoms with Gasteiger partial charge in [0, 0.05) is 12.3 Å². The normalized spacial score (nSPS) is 10.6. The van der Waals surface area contributed by atoms with E-state index in [1.165, 1.54) is 35.6 Å². The van der Waals surface area contributed by atoms with Gasteiger partial charge in [-0.25, -0.2) is 4.39 Å². The molecular formula is C14H16FN3OS2. The van der Waals surface area contributed by atoms with E-state index < -0.39 is 0 Å². The highest BCUT2D eigenvalue weighted by Crippen LogP contribution is 2.13. The monoisotopic (exact) mass is 325 g/mol. The second kappa shape index (κ2) is 8.09. The van der Waals surface area contributed by atoms with Crippen molar-refractivity contribution in [2.45, 2.75) is 19.1 Å². The lowest BCUT2D eigenvalue weighted by molar-refractivity contribution is -0.118. The molecule has 0 unspecified atom stereocenters. The highest BCUT2D eigenvalue weighted by atomic mass is 32.2. The number of carbonyl (C=O) groups excluding carboxylic acids is 1. The Morgan fingerprint density at radius 1 is 1.33 bits per heavy atom. The molecule has 0 radical (unpaired) electrons. The number of aromatic nitrogens is 2. The number of nitrogens with one attached hydrogen (secondary N) is 1. The van der Waals surface area contributed by atoms with Crippen molar-refractivity contribution < 1.29 is 9.18 Å². The van der Waals surface area contributed by atoms with Crippen LogP contribution in [0, 0.1) is 12.7 Å². The van der Waals surface area contributed by atoms with Crippen molar-refractivity contribution in [2.75, 3.05) is 12.3 Å². The van der Waals surface area contributed by atoms with Gasteiger partial charge >= 0.3 is 0 Å². The number of rotatable bonds is 7. The summed E-state index contributed by atoms with van der Waals surface area (Å²) in [5.74, 6) is 0.864. The van der Waals surface area contributed by atoms with Crippen LogP contribution in [0.15, 0.2) is 24.3 Å². The Balaban J connectivity index is 1.61. The van der Waals surface area contributed by atoms with Crippen LogP contribution in [0.5, 0.6) is 0 Å². The van der Waals surface area contributed by atoms with Crippen LogP contribution in [0.1, 0.15) is 17.0 Å². The lowest BCUT2D eigenvalue weighted by Crippen LogP contribution is -2.27. The molecule has 0 saturated carbocycles. The van der Waals surface area contributed by atoms with Crippen molar-refractivity contribution in [1.82, 2.24) is 14.1 Å². The van der Waals surface area contributed by atoms with Gasteiger partial charge in [-0.3, -0.25) is 4.79 Å². The molecule has 0 aliphatic rings. The Bertz CT molecular complexity index is 586. The smallest absolute Gasteiger partial charge is 0.230 e. The predicted molar refractivity (Wildman–Crippen MR) is 83.9 cm³/mol. The SMILES string of the molecule is Cc1nsnc1CSCC(=O)NCCc1ccc(F)cc1. The maximum Gasteiger partial charge on any atom is 0.230 e. The van der Waals surface area contributed by atoms with E-state index in [0.29, 0.717) is 24.5 Å². The third-order valence-electron chi connectivity index (χ3n) is 2.87. The second-order valence-corrected chi connectivity index (χ2v) is 6.03. The van der Waals surface area contributed by atoms with E-state index in [1.54, 1.807) is 12.1 Å². The van der Waals surface area contributed by atoms with Crippen molar-refractivity contribution in [2.24, 2.45) is 0 Å². The van der Waals surface area contributed by atoms with Gasteiger partial charge in [0.25, 0.3) is 0 Å². The molecule has 1 aromatic heterocycles. The van der Waals surface area contributed by atoms with Crippen molar-refractivity contribution >= 4 is 29.4 Å². The van der Waals surface area contributed by atoms with E-state index in [4.69, 9.17) is 0 Å². The molecule has 1 aromatic carbocycles. The number of nitrogens with zero attached hydrogens (tertiary/aromatic N) is 2. The van der Waals surface area contributed by atoms with Gasteiger partial charge in [0.15, 0.2) is 0 Å². The maximum atomic E-state index is 12.7. The topological polar surface area (TPSA) is 54.9 Å². The average molecular weight is 325 g/mol. The van der Waals surface area contributed by atoms with Gasteiger partial charge < -0.3 is 5.32 Å². The Morgan fingerprint density at radius 2 is 2.10 bits per heavy atom. The molecule has 0 spiro atoms. The molecule has 2 aromatic rings. The van der Waals surface area contributed by atoms with Crippen LogP contribution in [0.25, 0.3) is 0 Å². The Hall–Kier alpha value is -1.47. The number of hydrogen-bond donors (Lipinski definition) is 1. The van der Waals surface area contributed by atoms with Crippen LogP contribution in [0.2, 0.25) is 0 Å². The van der Waals surface area contributed by atoms with Crippen molar-refractivity contribution in [1.29, 1.82) is 0 Å². The summed E-state index contributed by atoms with van der Waals surface area (Å²) in [7, 11) is 0. The zero-order chi connectivity index (χ0) is 15.1. The van der Waals surface area contributed by atoms with Crippen molar-refractivity contribution in [3.05, 3.63) is 47.0 Å². The van der Waals surface area contributed by atoms with Gasteiger partial charge in [0.05, 0.1) is 28.9 Å². The van der Waals surface area contributed by atoms with Crippen LogP contribution in [-0.2, 0) is 17.0 Å². The lowest BCUT2D eigenvalue weighted by Gasteiger charge is -2.05. The number of benzene rings is 1. The molecule has 0 aliphatic heterocycles. The molecule has 0 fully saturated rings. The summed E-state index contributed by atoms with van der Waals surface area (Å²) in [5.41, 5.74) is 2.89. The zero-order valence-corrected chi connectivity index (χ0v) is 13.3. The number of thioether (sulfide) groups is 1. The van der Waals surface area contributed by atoms with Crippen LogP contribution in [0.4, 0.5) is 4.39 Å². The minimum absolute atomic E-state index is 0.00273. The fourth-order valence-electron chi connectivity index (χ4n) is 1.67. The molecule has 1 heterocycles. The van der Waals surface area contributed by atoms with Gasteiger partial charge in [-0.1, -0.05) is 12.1 Å². The second-order valence-electron chi connectivity index (χ2n) is 4.52. The molecule has 1 amide bonds. The van der Waals surface area contributed by atoms with Crippen LogP contribution < -0.4 is 5.32 Å². The predicted octanol–water partition coefficient (Wildman–Crippen LogP) is 2.58. The summed E-state index contributed by atoms with van der Waals surface area (Å²) in [6.45, 7) is 2.48. The first-order chi connectivity index (χ1) is 10.1. The first-order valence-electron chi connectivity index (χ1n) is 6.52. The molecule has 0 bridgehead atoms. The van der Waals surface area contributed by atoms with E-state index in [2.05, 4.69) is 14.1 Å². The summed E-state index contributed by atoms with van der Waals surface area (Å²) in [5, 5.41) is 2.85. The first kappa shape index (κ1) is 15.9. The third kappa shape index (κ3) is 5.43. The zero-order valence-electron chi connectivity index (χ0n) is 11.6. The van der Waals surface area contributed by atoms with E-state index in [0.717, 1.165) is 17.0 Å². The molecule has 21 heavy (non-hydrogen) atoms. The summed E-state index contributed by atoms with van der Waals surface area (Å²) in [4.78, 5) is 11.7. The third-order valence-corrected chi connectivity index (χ3v) is 4.47. The summed E-state index contributed by atoms with van der Waals surface area (Å²) < 4.78 is 21.0. The molecule has 0 atom stereocenters. The number of hydrogen-bond acceptors (Lipinski definition) is 5. The van der Waals surface area contributed by atoms with E-state index in [-0.39, 0.29) is 11.7 Å². The van der Waals surface area contributed by atoms with Gasteiger partial charge in [-0.15, -0.1) is 11.8 Å². The largest absolute Gasteiger partial charge is 0.355 e. The van der Waals surface area contributed by atoms with Gasteiger partial charge in [0.1, 0.15) is 5.82 Å². The first-order valence-corrected chi connectivity index (χ1v) is 8.40. The van der Waals surface area contributed by atoms with Crippen LogP contribution in [-0.4, -0.2) is 27.0 Å². The number of halogens is 1. The summed E-state index contributed by atoms with van der Waals surface area (Å²) in [6.07, 6.45) is 0.700. The quantitative estimate of drug-likeness (QED) is 0.850. The lowest BCUT2D eigenvalue weighted by atomic mass is 10.1. The number of carbonyl (C=O) groups is 1. The van der Waals surface area contributed by atoms with Gasteiger partial charge in [-0.05, 0) is 31.0 Å².